The predicted molar refractivity (Wildman–Crippen MR) is 73.2 cm³/mol. The first-order valence-electron chi connectivity index (χ1n) is 6.84. The smallest absolute Gasteiger partial charge is 0.310 e. The zero-order valence-corrected chi connectivity index (χ0v) is 11.9. The fourth-order valence-corrected chi connectivity index (χ4v) is 2.36. The Balaban J connectivity index is 1.86. The number of halogens is 1. The van der Waals surface area contributed by atoms with E-state index in [1.54, 1.807) is 11.0 Å². The lowest BCUT2D eigenvalue weighted by atomic mass is 9.98. The normalized spacial score (nSPS) is 18.2. The third kappa shape index (κ3) is 4.18. The van der Waals surface area contributed by atoms with Gasteiger partial charge in [-0.15, -0.1) is 0 Å². The standard InChI is InChI=1S/C15H18FNO4/c1-20-15(19)11-4-3-7-17(9-11)14(18)10-21-13-6-2-5-12(16)8-13/h2,5-6,8,11H,3-4,7,9-10H2,1H3/t11-/m0/s1. The molecule has 21 heavy (non-hydrogen) atoms. The van der Waals surface area contributed by atoms with Gasteiger partial charge in [-0.2, -0.15) is 0 Å². The molecule has 1 amide bonds. The van der Waals surface area contributed by atoms with Crippen LogP contribution in [-0.2, 0) is 14.3 Å². The van der Waals surface area contributed by atoms with Crippen LogP contribution in [0.4, 0.5) is 4.39 Å². The van der Waals surface area contributed by atoms with E-state index in [0.717, 1.165) is 12.8 Å². The van der Waals surface area contributed by atoms with Gasteiger partial charge in [0.15, 0.2) is 6.61 Å². The molecule has 1 aliphatic heterocycles. The van der Waals surface area contributed by atoms with Crippen molar-refractivity contribution < 1.29 is 23.5 Å². The average molecular weight is 295 g/mol. The molecule has 0 radical (unpaired) electrons. The van der Waals surface area contributed by atoms with Gasteiger partial charge in [0, 0.05) is 19.2 Å². The number of nitrogens with zero attached hydrogens (tertiary/aromatic N) is 1. The number of ether oxygens (including phenoxy) is 2. The quantitative estimate of drug-likeness (QED) is 0.792. The molecule has 1 heterocycles. The minimum absolute atomic E-state index is 0.169. The molecule has 0 bridgehead atoms. The number of carbonyl (C=O) groups excluding carboxylic acids is 2. The molecule has 5 nitrogen and oxygen atoms in total. The summed E-state index contributed by atoms with van der Waals surface area (Å²) in [5.41, 5.74) is 0. The maximum atomic E-state index is 13.0. The number of esters is 1. The molecule has 1 saturated heterocycles. The van der Waals surface area contributed by atoms with E-state index >= 15 is 0 Å². The summed E-state index contributed by atoms with van der Waals surface area (Å²) >= 11 is 0. The van der Waals surface area contributed by atoms with Crippen molar-refractivity contribution in [1.82, 2.24) is 4.90 Å². The van der Waals surface area contributed by atoms with Crippen LogP contribution in [0.3, 0.4) is 0 Å². The van der Waals surface area contributed by atoms with Crippen LogP contribution in [0.15, 0.2) is 24.3 Å². The van der Waals surface area contributed by atoms with E-state index < -0.39 is 5.82 Å². The summed E-state index contributed by atoms with van der Waals surface area (Å²) in [7, 11) is 1.34. The molecule has 0 aromatic heterocycles. The number of hydrogen-bond acceptors (Lipinski definition) is 4. The van der Waals surface area contributed by atoms with Crippen LogP contribution in [0.2, 0.25) is 0 Å². The number of likely N-dealkylation sites (tertiary alicyclic amines) is 1. The topological polar surface area (TPSA) is 55.8 Å². The van der Waals surface area contributed by atoms with Crippen molar-refractivity contribution in [3.8, 4) is 5.75 Å². The highest BCUT2D eigenvalue weighted by atomic mass is 19.1. The first-order chi connectivity index (χ1) is 10.1. The number of hydrogen-bond donors (Lipinski definition) is 0. The molecule has 0 unspecified atom stereocenters. The Bertz CT molecular complexity index is 520. The zero-order valence-electron chi connectivity index (χ0n) is 11.9. The van der Waals surface area contributed by atoms with E-state index in [0.29, 0.717) is 18.8 Å². The predicted octanol–water partition coefficient (Wildman–Crippen LogP) is 1.62. The van der Waals surface area contributed by atoms with Gasteiger partial charge in [0.25, 0.3) is 5.91 Å². The van der Waals surface area contributed by atoms with Gasteiger partial charge in [-0.1, -0.05) is 6.07 Å². The Labute approximate surface area is 122 Å². The second-order valence-electron chi connectivity index (χ2n) is 4.95. The van der Waals surface area contributed by atoms with Crippen LogP contribution in [-0.4, -0.2) is 43.6 Å². The van der Waals surface area contributed by atoms with Gasteiger partial charge < -0.3 is 14.4 Å². The number of rotatable bonds is 4. The molecule has 2 rings (SSSR count). The van der Waals surface area contributed by atoms with Crippen molar-refractivity contribution in [2.45, 2.75) is 12.8 Å². The molecular formula is C15H18FNO4. The van der Waals surface area contributed by atoms with Crippen molar-refractivity contribution in [3.05, 3.63) is 30.1 Å². The van der Waals surface area contributed by atoms with Crippen LogP contribution >= 0.6 is 0 Å². The van der Waals surface area contributed by atoms with Crippen LogP contribution < -0.4 is 4.74 Å². The van der Waals surface area contributed by atoms with Gasteiger partial charge in [0.1, 0.15) is 11.6 Å². The van der Waals surface area contributed by atoms with Crippen molar-refractivity contribution in [3.63, 3.8) is 0 Å². The Morgan fingerprint density at radius 3 is 2.95 bits per heavy atom. The van der Waals surface area contributed by atoms with Gasteiger partial charge in [-0.25, -0.2) is 4.39 Å². The van der Waals surface area contributed by atoms with E-state index in [2.05, 4.69) is 0 Å². The third-order valence-electron chi connectivity index (χ3n) is 3.47. The number of carbonyl (C=O) groups is 2. The molecule has 1 atom stereocenters. The maximum Gasteiger partial charge on any atom is 0.310 e. The Hall–Kier alpha value is -2.11. The van der Waals surface area contributed by atoms with E-state index in [4.69, 9.17) is 9.47 Å². The number of methoxy groups -OCH3 is 1. The molecule has 1 aromatic rings. The van der Waals surface area contributed by atoms with Crippen LogP contribution in [0.1, 0.15) is 12.8 Å². The van der Waals surface area contributed by atoms with E-state index in [1.807, 2.05) is 0 Å². The fraction of sp³-hybridized carbons (Fsp3) is 0.467. The first-order valence-corrected chi connectivity index (χ1v) is 6.84. The molecule has 0 N–H and O–H groups in total. The number of amides is 1. The molecule has 114 valence electrons. The monoisotopic (exact) mass is 295 g/mol. The second kappa shape index (κ2) is 7.06. The Kier molecular flexibility index (Phi) is 5.14. The minimum Gasteiger partial charge on any atom is -0.484 e. The average Bonchev–Trinajstić information content (AvgIpc) is 2.52. The molecule has 1 aromatic carbocycles. The molecular weight excluding hydrogens is 277 g/mol. The van der Waals surface area contributed by atoms with Crippen molar-refractivity contribution in [2.24, 2.45) is 5.92 Å². The van der Waals surface area contributed by atoms with E-state index in [9.17, 15) is 14.0 Å². The summed E-state index contributed by atoms with van der Waals surface area (Å²) in [6.07, 6.45) is 1.48. The summed E-state index contributed by atoms with van der Waals surface area (Å²) in [6.45, 7) is 0.772. The highest BCUT2D eigenvalue weighted by Gasteiger charge is 2.29. The lowest BCUT2D eigenvalue weighted by Crippen LogP contribution is -2.44. The van der Waals surface area contributed by atoms with Crippen LogP contribution in [0.5, 0.6) is 5.75 Å². The molecule has 0 spiro atoms. The van der Waals surface area contributed by atoms with Gasteiger partial charge in [0.2, 0.25) is 0 Å². The summed E-state index contributed by atoms with van der Waals surface area (Å²) in [6, 6.07) is 5.63. The van der Waals surface area contributed by atoms with Crippen LogP contribution in [0, 0.1) is 11.7 Å². The largest absolute Gasteiger partial charge is 0.484 e. The highest BCUT2D eigenvalue weighted by molar-refractivity contribution is 5.79. The fourth-order valence-electron chi connectivity index (χ4n) is 2.36. The molecule has 1 aliphatic rings. The maximum absolute atomic E-state index is 13.0. The lowest BCUT2D eigenvalue weighted by Gasteiger charge is -2.31. The molecule has 6 heteroatoms. The summed E-state index contributed by atoms with van der Waals surface area (Å²) < 4.78 is 23.0. The van der Waals surface area contributed by atoms with Gasteiger partial charge in [0.05, 0.1) is 13.0 Å². The number of benzene rings is 1. The molecule has 0 aliphatic carbocycles. The lowest BCUT2D eigenvalue weighted by molar-refractivity contribution is -0.149. The van der Waals surface area contributed by atoms with Gasteiger partial charge >= 0.3 is 5.97 Å². The van der Waals surface area contributed by atoms with Gasteiger partial charge in [-0.3, -0.25) is 9.59 Å². The SMILES string of the molecule is COC(=O)[C@H]1CCCN(C(=O)COc2cccc(F)c2)C1. The minimum atomic E-state index is -0.413. The second-order valence-corrected chi connectivity index (χ2v) is 4.95. The molecule has 1 fully saturated rings. The van der Waals surface area contributed by atoms with Crippen LogP contribution in [0.25, 0.3) is 0 Å². The van der Waals surface area contributed by atoms with E-state index in [1.165, 1.54) is 25.3 Å². The molecule has 0 saturated carbocycles. The third-order valence-corrected chi connectivity index (χ3v) is 3.47. The summed E-state index contributed by atoms with van der Waals surface area (Å²) in [5.74, 6) is -0.887. The zero-order chi connectivity index (χ0) is 15.2. The van der Waals surface area contributed by atoms with Crippen molar-refractivity contribution in [2.75, 3.05) is 26.8 Å². The highest BCUT2D eigenvalue weighted by Crippen LogP contribution is 2.18. The van der Waals surface area contributed by atoms with Crippen molar-refractivity contribution in [1.29, 1.82) is 0 Å². The Morgan fingerprint density at radius 2 is 2.24 bits per heavy atom. The first kappa shape index (κ1) is 15.3. The number of piperidine rings is 1. The van der Waals surface area contributed by atoms with Gasteiger partial charge in [-0.05, 0) is 25.0 Å². The van der Waals surface area contributed by atoms with Crippen molar-refractivity contribution >= 4 is 11.9 Å². The summed E-state index contributed by atoms with van der Waals surface area (Å²) in [5, 5.41) is 0. The Morgan fingerprint density at radius 1 is 1.43 bits per heavy atom. The van der Waals surface area contributed by atoms with E-state index in [-0.39, 0.29) is 24.4 Å². The summed E-state index contributed by atoms with van der Waals surface area (Å²) in [4.78, 5) is 25.2.